The Hall–Kier alpha value is -0.810. The van der Waals surface area contributed by atoms with Gasteiger partial charge in [0.05, 0.1) is 12.7 Å². The monoisotopic (exact) mass is 188 g/mol. The van der Waals surface area contributed by atoms with Crippen molar-refractivity contribution in [1.29, 1.82) is 0 Å². The standard InChI is InChI=1S/C8H16N2O3/c1-2-13-8(12)10-4-3-7(11)6(9)5-10/h6-7,11H,2-5,9H2,1H3/t6-,7-/m1/s1. The number of likely N-dealkylation sites (tertiary alicyclic amines) is 1. The third-order valence-corrected chi connectivity index (χ3v) is 2.15. The molecule has 0 aliphatic carbocycles. The van der Waals surface area contributed by atoms with Crippen molar-refractivity contribution in [2.45, 2.75) is 25.5 Å². The third-order valence-electron chi connectivity index (χ3n) is 2.15. The number of nitrogens with zero attached hydrogens (tertiary/aromatic N) is 1. The molecule has 1 heterocycles. The van der Waals surface area contributed by atoms with E-state index in [1.165, 1.54) is 4.90 Å². The summed E-state index contributed by atoms with van der Waals surface area (Å²) in [4.78, 5) is 12.7. The molecule has 1 aliphatic heterocycles. The highest BCUT2D eigenvalue weighted by atomic mass is 16.6. The van der Waals surface area contributed by atoms with Crippen LogP contribution in [0, 0.1) is 0 Å². The Bertz CT molecular complexity index is 186. The van der Waals surface area contributed by atoms with Gasteiger partial charge >= 0.3 is 6.09 Å². The maximum absolute atomic E-state index is 11.2. The summed E-state index contributed by atoms with van der Waals surface area (Å²) in [7, 11) is 0. The molecule has 1 saturated heterocycles. The first-order valence-electron chi connectivity index (χ1n) is 4.50. The van der Waals surface area contributed by atoms with Crippen LogP contribution in [-0.2, 0) is 4.74 Å². The molecule has 0 spiro atoms. The van der Waals surface area contributed by atoms with Crippen molar-refractivity contribution in [3.8, 4) is 0 Å². The lowest BCUT2D eigenvalue weighted by molar-refractivity contribution is 0.0485. The van der Waals surface area contributed by atoms with Crippen LogP contribution in [-0.4, -0.2) is 47.9 Å². The number of aliphatic hydroxyl groups is 1. The molecule has 76 valence electrons. The van der Waals surface area contributed by atoms with Gasteiger partial charge < -0.3 is 20.5 Å². The van der Waals surface area contributed by atoms with Crippen molar-refractivity contribution in [2.24, 2.45) is 5.73 Å². The molecule has 1 rings (SSSR count). The van der Waals surface area contributed by atoms with Gasteiger partial charge in [-0.05, 0) is 13.3 Å². The number of aliphatic hydroxyl groups excluding tert-OH is 1. The minimum absolute atomic E-state index is 0.343. The molecule has 0 unspecified atom stereocenters. The van der Waals surface area contributed by atoms with E-state index in [-0.39, 0.29) is 12.1 Å². The summed E-state index contributed by atoms with van der Waals surface area (Å²) in [5.74, 6) is 0. The number of hydrogen-bond donors (Lipinski definition) is 2. The number of hydrogen-bond acceptors (Lipinski definition) is 4. The predicted molar refractivity (Wildman–Crippen MR) is 47.2 cm³/mol. The van der Waals surface area contributed by atoms with Crippen molar-refractivity contribution in [1.82, 2.24) is 4.90 Å². The molecule has 13 heavy (non-hydrogen) atoms. The van der Waals surface area contributed by atoms with E-state index in [0.29, 0.717) is 26.1 Å². The van der Waals surface area contributed by atoms with Crippen molar-refractivity contribution in [3.63, 3.8) is 0 Å². The molecular formula is C8H16N2O3. The van der Waals surface area contributed by atoms with E-state index in [1.54, 1.807) is 6.92 Å². The molecule has 0 radical (unpaired) electrons. The number of amides is 1. The largest absolute Gasteiger partial charge is 0.450 e. The smallest absolute Gasteiger partial charge is 0.409 e. The number of rotatable bonds is 1. The predicted octanol–water partition coefficient (Wildman–Crippen LogP) is -0.463. The SMILES string of the molecule is CCOC(=O)N1CC[C@@H](O)[C@H](N)C1. The summed E-state index contributed by atoms with van der Waals surface area (Å²) in [6.07, 6.45) is -0.310. The maximum atomic E-state index is 11.2. The van der Waals surface area contributed by atoms with Gasteiger partial charge in [0.15, 0.2) is 0 Å². The second kappa shape index (κ2) is 4.43. The van der Waals surface area contributed by atoms with E-state index in [1.807, 2.05) is 0 Å². The average Bonchev–Trinajstić information content (AvgIpc) is 2.10. The van der Waals surface area contributed by atoms with Crippen LogP contribution in [0.4, 0.5) is 4.79 Å². The molecule has 1 amide bonds. The quantitative estimate of drug-likeness (QED) is 0.583. The molecule has 3 N–H and O–H groups in total. The Balaban J connectivity index is 2.40. The van der Waals surface area contributed by atoms with Gasteiger partial charge in [-0.3, -0.25) is 0 Å². The first-order chi connectivity index (χ1) is 6.15. The molecule has 5 nitrogen and oxygen atoms in total. The first-order valence-corrected chi connectivity index (χ1v) is 4.50. The van der Waals surface area contributed by atoms with Crippen molar-refractivity contribution in [3.05, 3.63) is 0 Å². The second-order valence-electron chi connectivity index (χ2n) is 3.16. The van der Waals surface area contributed by atoms with Crippen LogP contribution in [0.1, 0.15) is 13.3 Å². The molecule has 0 bridgehead atoms. The molecule has 1 aliphatic rings. The van der Waals surface area contributed by atoms with Crippen LogP contribution in [0.15, 0.2) is 0 Å². The van der Waals surface area contributed by atoms with Gasteiger partial charge in [-0.2, -0.15) is 0 Å². The molecule has 2 atom stereocenters. The van der Waals surface area contributed by atoms with E-state index in [2.05, 4.69) is 0 Å². The minimum Gasteiger partial charge on any atom is -0.450 e. The van der Waals surface area contributed by atoms with E-state index in [0.717, 1.165) is 0 Å². The number of nitrogens with two attached hydrogens (primary N) is 1. The van der Waals surface area contributed by atoms with Gasteiger partial charge in [-0.1, -0.05) is 0 Å². The fraction of sp³-hybridized carbons (Fsp3) is 0.875. The van der Waals surface area contributed by atoms with E-state index >= 15 is 0 Å². The zero-order chi connectivity index (χ0) is 9.84. The van der Waals surface area contributed by atoms with Gasteiger partial charge in [0.25, 0.3) is 0 Å². The van der Waals surface area contributed by atoms with Gasteiger partial charge in [0.1, 0.15) is 0 Å². The van der Waals surface area contributed by atoms with Crippen LogP contribution in [0.2, 0.25) is 0 Å². The summed E-state index contributed by atoms with van der Waals surface area (Å²) in [5.41, 5.74) is 5.60. The molecule has 0 aromatic carbocycles. The number of carbonyl (C=O) groups excluding carboxylic acids is 1. The summed E-state index contributed by atoms with van der Waals surface area (Å²) in [5, 5.41) is 9.30. The van der Waals surface area contributed by atoms with E-state index in [4.69, 9.17) is 10.5 Å². The highest BCUT2D eigenvalue weighted by molar-refractivity contribution is 5.67. The Morgan fingerprint density at radius 3 is 3.00 bits per heavy atom. The molecule has 0 aromatic rings. The first kappa shape index (κ1) is 10.3. The highest BCUT2D eigenvalue weighted by Gasteiger charge is 2.28. The third kappa shape index (κ3) is 2.57. The topological polar surface area (TPSA) is 75.8 Å². The van der Waals surface area contributed by atoms with Crippen molar-refractivity contribution < 1.29 is 14.6 Å². The second-order valence-corrected chi connectivity index (χ2v) is 3.16. The minimum atomic E-state index is -0.495. The lowest BCUT2D eigenvalue weighted by Crippen LogP contribution is -2.53. The zero-order valence-corrected chi connectivity index (χ0v) is 7.77. The summed E-state index contributed by atoms with van der Waals surface area (Å²) in [6, 6.07) is -0.349. The van der Waals surface area contributed by atoms with Gasteiger partial charge in [-0.25, -0.2) is 4.79 Å². The Labute approximate surface area is 77.5 Å². The Morgan fingerprint density at radius 2 is 2.46 bits per heavy atom. The highest BCUT2D eigenvalue weighted by Crippen LogP contribution is 2.10. The summed E-state index contributed by atoms with van der Waals surface area (Å²) < 4.78 is 4.81. The fourth-order valence-electron chi connectivity index (χ4n) is 1.35. The van der Waals surface area contributed by atoms with Crippen LogP contribution in [0.3, 0.4) is 0 Å². The molecule has 0 aromatic heterocycles. The van der Waals surface area contributed by atoms with E-state index in [9.17, 15) is 9.90 Å². The van der Waals surface area contributed by atoms with Gasteiger partial charge in [0, 0.05) is 19.1 Å². The Morgan fingerprint density at radius 1 is 1.77 bits per heavy atom. The van der Waals surface area contributed by atoms with Crippen LogP contribution in [0.5, 0.6) is 0 Å². The van der Waals surface area contributed by atoms with Crippen molar-refractivity contribution >= 4 is 6.09 Å². The molecule has 5 heteroatoms. The summed E-state index contributed by atoms with van der Waals surface area (Å²) >= 11 is 0. The van der Waals surface area contributed by atoms with Gasteiger partial charge in [-0.15, -0.1) is 0 Å². The number of carbonyl (C=O) groups is 1. The Kier molecular flexibility index (Phi) is 3.50. The normalized spacial score (nSPS) is 28.7. The summed E-state index contributed by atoms with van der Waals surface area (Å²) in [6.45, 7) is 3.03. The van der Waals surface area contributed by atoms with Gasteiger partial charge in [0.2, 0.25) is 0 Å². The van der Waals surface area contributed by atoms with Crippen LogP contribution >= 0.6 is 0 Å². The average molecular weight is 188 g/mol. The number of ether oxygens (including phenoxy) is 1. The maximum Gasteiger partial charge on any atom is 0.409 e. The lowest BCUT2D eigenvalue weighted by Gasteiger charge is -2.33. The number of piperidine rings is 1. The van der Waals surface area contributed by atoms with Crippen LogP contribution < -0.4 is 5.73 Å². The molecular weight excluding hydrogens is 172 g/mol. The molecule has 0 saturated carbocycles. The van der Waals surface area contributed by atoms with Crippen LogP contribution in [0.25, 0.3) is 0 Å². The lowest BCUT2D eigenvalue weighted by atomic mass is 10.0. The molecule has 1 fully saturated rings. The van der Waals surface area contributed by atoms with E-state index < -0.39 is 6.10 Å². The zero-order valence-electron chi connectivity index (χ0n) is 7.77. The fourth-order valence-corrected chi connectivity index (χ4v) is 1.35. The van der Waals surface area contributed by atoms with Crippen molar-refractivity contribution in [2.75, 3.05) is 19.7 Å².